The van der Waals surface area contributed by atoms with E-state index < -0.39 is 10.0 Å². The van der Waals surface area contributed by atoms with E-state index in [1.54, 1.807) is 12.1 Å². The molecule has 0 aliphatic carbocycles. The summed E-state index contributed by atoms with van der Waals surface area (Å²) >= 11 is 0. The molecule has 1 aromatic rings. The summed E-state index contributed by atoms with van der Waals surface area (Å²) in [6.07, 6.45) is 0. The Labute approximate surface area is 173 Å². The lowest BCUT2D eigenvalue weighted by Gasteiger charge is -2.32. The molecule has 0 atom stereocenters. The molecule has 1 aliphatic rings. The van der Waals surface area contributed by atoms with Gasteiger partial charge in [0.25, 0.3) is 5.91 Å². The molecule has 29 heavy (non-hydrogen) atoms. The third-order valence-electron chi connectivity index (χ3n) is 5.39. The Morgan fingerprint density at radius 1 is 1.14 bits per heavy atom. The summed E-state index contributed by atoms with van der Waals surface area (Å²) in [6.45, 7) is 10.8. The van der Waals surface area contributed by atoms with Gasteiger partial charge in [0.2, 0.25) is 15.9 Å². The van der Waals surface area contributed by atoms with Gasteiger partial charge in [-0.15, -0.1) is 0 Å². The number of carbonyl (C=O) groups excluding carboxylic acids is 2. The largest absolute Gasteiger partial charge is 0.355 e. The van der Waals surface area contributed by atoms with Crippen molar-refractivity contribution >= 4 is 21.8 Å². The average molecular weight is 426 g/mol. The van der Waals surface area contributed by atoms with Crippen molar-refractivity contribution in [2.24, 2.45) is 0 Å². The molecule has 0 bridgehead atoms. The molecule has 2 amide bonds. The van der Waals surface area contributed by atoms with Gasteiger partial charge < -0.3 is 15.1 Å². The van der Waals surface area contributed by atoms with Gasteiger partial charge in [0.05, 0.1) is 37.6 Å². The third-order valence-corrected chi connectivity index (χ3v) is 7.28. The zero-order chi connectivity index (χ0) is 21.6. The van der Waals surface area contributed by atoms with E-state index in [2.05, 4.69) is 5.32 Å². The fourth-order valence-corrected chi connectivity index (χ4v) is 4.90. The Morgan fingerprint density at radius 3 is 2.34 bits per heavy atom. The van der Waals surface area contributed by atoms with Crippen LogP contribution in [0.1, 0.15) is 25.0 Å². The van der Waals surface area contributed by atoms with Crippen LogP contribution in [0.3, 0.4) is 0 Å². The quantitative estimate of drug-likeness (QED) is 0.569. The first-order chi connectivity index (χ1) is 13.7. The highest BCUT2D eigenvalue weighted by atomic mass is 32.2. The van der Waals surface area contributed by atoms with E-state index >= 15 is 0 Å². The van der Waals surface area contributed by atoms with Gasteiger partial charge in [0.1, 0.15) is 0 Å². The van der Waals surface area contributed by atoms with E-state index in [0.29, 0.717) is 44.2 Å². The smallest absolute Gasteiger partial charge is 0.278 e. The van der Waals surface area contributed by atoms with Crippen molar-refractivity contribution in [1.82, 2.24) is 14.5 Å². The molecule has 2 N–H and O–H groups in total. The van der Waals surface area contributed by atoms with Crippen LogP contribution in [-0.4, -0.2) is 81.8 Å². The molecule has 0 saturated carbocycles. The predicted octanol–water partition coefficient (Wildman–Crippen LogP) is -0.823. The van der Waals surface area contributed by atoms with Gasteiger partial charge in [-0.25, -0.2) is 8.42 Å². The molecule has 0 radical (unpaired) electrons. The van der Waals surface area contributed by atoms with Crippen LogP contribution in [0.4, 0.5) is 0 Å². The molecule has 9 heteroatoms. The van der Waals surface area contributed by atoms with Gasteiger partial charge >= 0.3 is 0 Å². The van der Waals surface area contributed by atoms with Crippen molar-refractivity contribution in [3.8, 4) is 0 Å². The van der Waals surface area contributed by atoms with Crippen molar-refractivity contribution < 1.29 is 22.9 Å². The molecule has 1 aliphatic heterocycles. The summed E-state index contributed by atoms with van der Waals surface area (Å²) in [7, 11) is -3.52. The number of likely N-dealkylation sites (N-methyl/N-ethyl adjacent to an activating group) is 2. The van der Waals surface area contributed by atoms with E-state index in [0.717, 1.165) is 16.0 Å². The lowest BCUT2D eigenvalue weighted by atomic mass is 10.1. The maximum Gasteiger partial charge on any atom is 0.278 e. The monoisotopic (exact) mass is 425 g/mol. The summed E-state index contributed by atoms with van der Waals surface area (Å²) in [4.78, 5) is 27.2. The van der Waals surface area contributed by atoms with E-state index in [1.807, 2.05) is 33.8 Å². The van der Waals surface area contributed by atoms with E-state index in [-0.39, 0.29) is 24.9 Å². The molecule has 1 heterocycles. The minimum atomic E-state index is -3.52. The number of rotatable bonds is 8. The molecular weight excluding hydrogens is 392 g/mol. The van der Waals surface area contributed by atoms with Crippen LogP contribution in [0.5, 0.6) is 0 Å². The molecule has 0 spiro atoms. The van der Waals surface area contributed by atoms with Crippen LogP contribution in [0.25, 0.3) is 0 Å². The highest BCUT2D eigenvalue weighted by Gasteiger charge is 2.32. The van der Waals surface area contributed by atoms with E-state index in [9.17, 15) is 18.0 Å². The second-order valence-electron chi connectivity index (χ2n) is 7.44. The van der Waals surface area contributed by atoms with Crippen molar-refractivity contribution in [2.75, 3.05) is 52.4 Å². The molecule has 2 rings (SSSR count). The predicted molar refractivity (Wildman–Crippen MR) is 111 cm³/mol. The maximum absolute atomic E-state index is 12.9. The lowest BCUT2D eigenvalue weighted by Crippen LogP contribution is -3.15. The number of nitrogens with one attached hydrogen (secondary N) is 2. The normalized spacial score (nSPS) is 15.9. The average Bonchev–Trinajstić information content (AvgIpc) is 2.68. The van der Waals surface area contributed by atoms with Gasteiger partial charge in [-0.1, -0.05) is 6.07 Å². The van der Waals surface area contributed by atoms with Crippen LogP contribution >= 0.6 is 0 Å². The minimum Gasteiger partial charge on any atom is -0.355 e. The van der Waals surface area contributed by atoms with Gasteiger partial charge in [0, 0.05) is 13.1 Å². The maximum atomic E-state index is 12.9. The zero-order valence-electron chi connectivity index (χ0n) is 17.8. The minimum absolute atomic E-state index is 0.0593. The summed E-state index contributed by atoms with van der Waals surface area (Å²) in [5.41, 5.74) is 2.01. The van der Waals surface area contributed by atoms with Gasteiger partial charge in [-0.05, 0) is 51.0 Å². The van der Waals surface area contributed by atoms with Crippen molar-refractivity contribution in [2.45, 2.75) is 32.6 Å². The molecule has 8 nitrogen and oxygen atoms in total. The fraction of sp³-hybridized carbons (Fsp3) is 0.600. The number of benzene rings is 1. The molecule has 1 fully saturated rings. The van der Waals surface area contributed by atoms with Crippen molar-refractivity contribution in [1.29, 1.82) is 0 Å². The van der Waals surface area contributed by atoms with Crippen LogP contribution in [0.15, 0.2) is 23.1 Å². The second kappa shape index (κ2) is 10.2. The Hall–Kier alpha value is -1.97. The number of hydrogen-bond donors (Lipinski definition) is 2. The van der Waals surface area contributed by atoms with Crippen molar-refractivity contribution in [3.05, 3.63) is 29.3 Å². The van der Waals surface area contributed by atoms with E-state index in [1.165, 1.54) is 9.21 Å². The van der Waals surface area contributed by atoms with Crippen LogP contribution in [-0.2, 0) is 19.6 Å². The fourth-order valence-electron chi connectivity index (χ4n) is 3.37. The van der Waals surface area contributed by atoms with E-state index in [4.69, 9.17) is 0 Å². The number of carbonyl (C=O) groups is 2. The summed E-state index contributed by atoms with van der Waals surface area (Å²) in [5.74, 6) is -0.249. The summed E-state index contributed by atoms with van der Waals surface area (Å²) in [5, 5.41) is 2.70. The number of nitrogens with zero attached hydrogens (tertiary/aromatic N) is 2. The van der Waals surface area contributed by atoms with Crippen LogP contribution < -0.4 is 10.2 Å². The number of quaternary nitrogens is 1. The van der Waals surface area contributed by atoms with Gasteiger partial charge in [-0.3, -0.25) is 9.59 Å². The number of sulfonamides is 1. The first-order valence-electron chi connectivity index (χ1n) is 10.1. The van der Waals surface area contributed by atoms with Gasteiger partial charge in [-0.2, -0.15) is 4.31 Å². The number of piperazine rings is 1. The highest BCUT2D eigenvalue weighted by Crippen LogP contribution is 2.19. The van der Waals surface area contributed by atoms with Crippen LogP contribution in [0.2, 0.25) is 0 Å². The second-order valence-corrected chi connectivity index (χ2v) is 9.38. The number of amides is 2. The highest BCUT2D eigenvalue weighted by molar-refractivity contribution is 7.89. The van der Waals surface area contributed by atoms with Crippen LogP contribution in [0, 0.1) is 13.8 Å². The number of hydrogen-bond acceptors (Lipinski definition) is 4. The molecule has 0 unspecified atom stereocenters. The molecular formula is C20H33N4O4S+. The first-order valence-corrected chi connectivity index (χ1v) is 11.6. The third kappa shape index (κ3) is 6.01. The topological polar surface area (TPSA) is 91.2 Å². The zero-order valence-corrected chi connectivity index (χ0v) is 18.6. The Balaban J connectivity index is 1.93. The Bertz CT molecular complexity index is 833. The summed E-state index contributed by atoms with van der Waals surface area (Å²) in [6, 6.07) is 5.20. The lowest BCUT2D eigenvalue weighted by molar-refractivity contribution is -0.896. The van der Waals surface area contributed by atoms with Gasteiger partial charge in [0.15, 0.2) is 6.54 Å². The first kappa shape index (κ1) is 23.3. The molecule has 1 saturated heterocycles. The number of aryl methyl sites for hydroxylation is 2. The molecule has 162 valence electrons. The van der Waals surface area contributed by atoms with Crippen molar-refractivity contribution in [3.63, 3.8) is 0 Å². The SMILES string of the molecule is CCNC(=O)CN(CC)C(=O)C[NH+]1CCN(S(=O)(=O)c2ccc(C)c(C)c2)CC1. The summed E-state index contributed by atoms with van der Waals surface area (Å²) < 4.78 is 27.3. The molecule has 1 aromatic carbocycles. The molecule has 0 aromatic heterocycles. The Kier molecular flexibility index (Phi) is 8.18. The Morgan fingerprint density at radius 2 is 1.79 bits per heavy atom. The standard InChI is InChI=1S/C20H32N4O4S/c1-5-21-19(25)14-23(6-2)20(26)15-22-9-11-24(12-10-22)29(27,28)18-8-7-16(3)17(4)13-18/h7-8,13H,5-6,9-12,14-15H2,1-4H3,(H,21,25)/p+1.